The molecule has 9 heteroatoms. The van der Waals surface area contributed by atoms with Gasteiger partial charge >= 0.3 is 0 Å². The van der Waals surface area contributed by atoms with Gasteiger partial charge < -0.3 is 16.8 Å². The summed E-state index contributed by atoms with van der Waals surface area (Å²) in [5.74, 6) is 5.81. The summed E-state index contributed by atoms with van der Waals surface area (Å²) in [7, 11) is 0. The molecular weight excluding hydrogens is 407 g/mol. The number of nitrogens with two attached hydrogens (primary N) is 2. The van der Waals surface area contributed by atoms with Gasteiger partial charge in [0.15, 0.2) is 6.19 Å². The van der Waals surface area contributed by atoms with E-state index in [2.05, 4.69) is 32.5 Å². The van der Waals surface area contributed by atoms with Gasteiger partial charge in [-0.25, -0.2) is 14.4 Å². The fourth-order valence-electron chi connectivity index (χ4n) is 3.34. The molecule has 2 aromatic carbocycles. The van der Waals surface area contributed by atoms with Gasteiger partial charge in [0, 0.05) is 16.7 Å². The van der Waals surface area contributed by atoms with Crippen molar-refractivity contribution in [2.45, 2.75) is 6.04 Å². The van der Waals surface area contributed by atoms with Crippen molar-refractivity contribution in [3.8, 4) is 24.1 Å². The molecule has 0 spiro atoms. The Labute approximate surface area is 183 Å². The number of anilines is 3. The van der Waals surface area contributed by atoms with E-state index < -0.39 is 11.9 Å². The number of aromatic nitrogens is 1. The molecule has 0 aliphatic carbocycles. The Morgan fingerprint density at radius 1 is 1.06 bits per heavy atom. The van der Waals surface area contributed by atoms with E-state index in [1.54, 1.807) is 12.3 Å². The third-order valence-corrected chi connectivity index (χ3v) is 4.78. The summed E-state index contributed by atoms with van der Waals surface area (Å²) >= 11 is 0. The molecule has 4 rings (SSSR count). The summed E-state index contributed by atoms with van der Waals surface area (Å²) in [6.45, 7) is 0. The van der Waals surface area contributed by atoms with Gasteiger partial charge in [0.05, 0.1) is 5.69 Å². The Bertz CT molecular complexity index is 1390. The number of hydrogen-bond donors (Lipinski definition) is 4. The zero-order valence-corrected chi connectivity index (χ0v) is 16.5. The molecule has 2 heterocycles. The smallest absolute Gasteiger partial charge is 0.211 e. The van der Waals surface area contributed by atoms with Gasteiger partial charge in [0.25, 0.3) is 0 Å². The van der Waals surface area contributed by atoms with Crippen LogP contribution in [0.4, 0.5) is 21.7 Å². The average molecular weight is 422 g/mol. The van der Waals surface area contributed by atoms with Crippen molar-refractivity contribution in [1.29, 1.82) is 10.5 Å². The van der Waals surface area contributed by atoms with Crippen LogP contribution < -0.4 is 22.1 Å². The fraction of sp³-hybridized carbons (Fsp3) is 0.0435. The van der Waals surface area contributed by atoms with E-state index in [4.69, 9.17) is 16.7 Å². The molecule has 1 aliphatic rings. The highest BCUT2D eigenvalue weighted by molar-refractivity contribution is 5.98. The predicted molar refractivity (Wildman–Crippen MR) is 118 cm³/mol. The van der Waals surface area contributed by atoms with E-state index in [1.807, 2.05) is 36.4 Å². The summed E-state index contributed by atoms with van der Waals surface area (Å²) in [4.78, 5) is 8.72. The van der Waals surface area contributed by atoms with Crippen LogP contribution in [0.1, 0.15) is 33.9 Å². The van der Waals surface area contributed by atoms with Crippen LogP contribution in [0.3, 0.4) is 0 Å². The molecular formula is C23H15FN8. The number of aliphatic imine (C=N–C) groups is 1. The first-order valence-corrected chi connectivity index (χ1v) is 9.37. The summed E-state index contributed by atoms with van der Waals surface area (Å²) in [6, 6.07) is 14.5. The number of nitrogens with one attached hydrogen (secondary N) is 2. The van der Waals surface area contributed by atoms with Gasteiger partial charge in [-0.05, 0) is 29.8 Å². The van der Waals surface area contributed by atoms with Crippen LogP contribution in [0.15, 0.2) is 53.5 Å². The van der Waals surface area contributed by atoms with Crippen LogP contribution in [0.5, 0.6) is 0 Å². The van der Waals surface area contributed by atoms with E-state index in [1.165, 1.54) is 12.1 Å². The maximum Gasteiger partial charge on any atom is 0.211 e. The maximum absolute atomic E-state index is 14.1. The second-order valence-electron chi connectivity index (χ2n) is 6.75. The number of nitrogens with zero attached hydrogens (tertiary/aromatic N) is 4. The van der Waals surface area contributed by atoms with Gasteiger partial charge in [-0.1, -0.05) is 36.1 Å². The molecule has 1 aromatic heterocycles. The Morgan fingerprint density at radius 2 is 1.84 bits per heavy atom. The number of fused-ring (bicyclic) bond motifs is 1. The van der Waals surface area contributed by atoms with Crippen LogP contribution in [-0.4, -0.2) is 10.9 Å². The first kappa shape index (κ1) is 20.2. The number of hydrogen-bond acceptors (Lipinski definition) is 8. The maximum atomic E-state index is 14.1. The Morgan fingerprint density at radius 3 is 2.56 bits per heavy atom. The third-order valence-electron chi connectivity index (χ3n) is 4.78. The molecule has 32 heavy (non-hydrogen) atoms. The molecule has 6 N–H and O–H groups in total. The van der Waals surface area contributed by atoms with Crippen molar-refractivity contribution in [3.63, 3.8) is 0 Å². The Hall–Kier alpha value is -5.07. The molecule has 1 atom stereocenters. The van der Waals surface area contributed by atoms with Crippen LogP contribution in [-0.2, 0) is 0 Å². The minimum Gasteiger partial charge on any atom is -0.397 e. The van der Waals surface area contributed by atoms with Crippen LogP contribution >= 0.6 is 0 Å². The number of pyridine rings is 1. The SMILES string of the molecule is N#CNC1=NC(c2ccc(F)cc2C#Cc2ccccc2)c2c(nc(N)c(C#N)c2N)N1. The van der Waals surface area contributed by atoms with Gasteiger partial charge in [0.1, 0.15) is 35.1 Å². The minimum atomic E-state index is -0.817. The third kappa shape index (κ3) is 3.72. The lowest BCUT2D eigenvalue weighted by Gasteiger charge is -2.26. The zero-order valence-electron chi connectivity index (χ0n) is 16.5. The largest absolute Gasteiger partial charge is 0.397 e. The Kier molecular flexibility index (Phi) is 5.27. The van der Waals surface area contributed by atoms with Gasteiger partial charge in [0.2, 0.25) is 5.96 Å². The quantitative estimate of drug-likeness (QED) is 0.267. The summed E-state index contributed by atoms with van der Waals surface area (Å²) in [6.07, 6.45) is 1.79. The predicted octanol–water partition coefficient (Wildman–Crippen LogP) is 2.60. The second-order valence-corrected chi connectivity index (χ2v) is 6.75. The standard InChI is InChI=1S/C23H15FN8/c24-15-8-9-16(14(10-15)7-6-13-4-2-1-3-5-13)20-18-19(27)17(11-25)21(28)31-22(18)32-23(30-20)29-12-26/h1-5,8-10,20H,(H6,27,28,29,30,31,32). The van der Waals surface area contributed by atoms with Gasteiger partial charge in [-0.2, -0.15) is 10.5 Å². The van der Waals surface area contributed by atoms with Crippen molar-refractivity contribution in [2.24, 2.45) is 4.99 Å². The van der Waals surface area contributed by atoms with E-state index in [0.717, 1.165) is 5.56 Å². The lowest BCUT2D eigenvalue weighted by molar-refractivity contribution is 0.625. The monoisotopic (exact) mass is 422 g/mol. The van der Waals surface area contributed by atoms with Crippen molar-refractivity contribution in [3.05, 3.63) is 82.2 Å². The molecule has 0 saturated heterocycles. The number of nitrogen functional groups attached to an aromatic ring is 2. The van der Waals surface area contributed by atoms with Crippen molar-refractivity contribution < 1.29 is 4.39 Å². The van der Waals surface area contributed by atoms with Crippen molar-refractivity contribution >= 4 is 23.3 Å². The van der Waals surface area contributed by atoms with Gasteiger partial charge in [-0.15, -0.1) is 0 Å². The summed E-state index contributed by atoms with van der Waals surface area (Å²) < 4.78 is 14.1. The molecule has 1 unspecified atom stereocenters. The van der Waals surface area contributed by atoms with Crippen molar-refractivity contribution in [1.82, 2.24) is 10.3 Å². The fourth-order valence-corrected chi connectivity index (χ4v) is 3.34. The highest BCUT2D eigenvalue weighted by Gasteiger charge is 2.30. The lowest BCUT2D eigenvalue weighted by atomic mass is 9.92. The molecule has 0 bridgehead atoms. The second kappa shape index (κ2) is 8.35. The average Bonchev–Trinajstić information content (AvgIpc) is 2.78. The summed E-state index contributed by atoms with van der Waals surface area (Å²) in [5.41, 5.74) is 14.3. The van der Waals surface area contributed by atoms with E-state index in [9.17, 15) is 9.65 Å². The Balaban J connectivity index is 1.93. The first-order valence-electron chi connectivity index (χ1n) is 9.37. The first-order chi connectivity index (χ1) is 15.5. The van der Waals surface area contributed by atoms with E-state index in [-0.39, 0.29) is 28.8 Å². The normalized spacial score (nSPS) is 13.8. The highest BCUT2D eigenvalue weighted by Crippen LogP contribution is 2.41. The van der Waals surface area contributed by atoms with Crippen LogP contribution in [0.2, 0.25) is 0 Å². The number of benzene rings is 2. The molecule has 0 saturated carbocycles. The number of guanidine groups is 1. The van der Waals surface area contributed by atoms with Crippen LogP contribution in [0, 0.1) is 40.4 Å². The highest BCUT2D eigenvalue weighted by atomic mass is 19.1. The number of nitriles is 2. The topological polar surface area (TPSA) is 149 Å². The van der Waals surface area contributed by atoms with E-state index in [0.29, 0.717) is 16.7 Å². The molecule has 0 radical (unpaired) electrons. The summed E-state index contributed by atoms with van der Waals surface area (Å²) in [5, 5.41) is 23.8. The van der Waals surface area contributed by atoms with E-state index >= 15 is 0 Å². The van der Waals surface area contributed by atoms with Crippen molar-refractivity contribution in [2.75, 3.05) is 16.8 Å². The van der Waals surface area contributed by atoms with Crippen LogP contribution in [0.25, 0.3) is 0 Å². The molecule has 3 aromatic rings. The molecule has 154 valence electrons. The minimum absolute atomic E-state index is 0.0153. The molecule has 0 amide bonds. The molecule has 0 fully saturated rings. The molecule has 8 nitrogen and oxygen atoms in total. The van der Waals surface area contributed by atoms with Gasteiger partial charge in [-0.3, -0.25) is 5.32 Å². The zero-order chi connectivity index (χ0) is 22.7. The lowest BCUT2D eigenvalue weighted by Crippen LogP contribution is -2.33. The molecule has 1 aliphatic heterocycles. The number of rotatable bonds is 1. The number of halogens is 1.